The van der Waals surface area contributed by atoms with Crippen molar-refractivity contribution in [1.82, 2.24) is 20.9 Å². The predicted molar refractivity (Wildman–Crippen MR) is 122 cm³/mol. The number of hydrogen-bond acceptors (Lipinski definition) is 4. The van der Waals surface area contributed by atoms with Gasteiger partial charge in [-0.25, -0.2) is 0 Å². The first kappa shape index (κ1) is 23.2. The Hall–Kier alpha value is -3.06. The molecule has 0 saturated carbocycles. The first-order valence-electron chi connectivity index (χ1n) is 10.1. The van der Waals surface area contributed by atoms with E-state index < -0.39 is 0 Å². The number of guanidine groups is 1. The zero-order valence-corrected chi connectivity index (χ0v) is 18.4. The van der Waals surface area contributed by atoms with Gasteiger partial charge in [-0.2, -0.15) is 0 Å². The second kappa shape index (κ2) is 12.5. The van der Waals surface area contributed by atoms with Gasteiger partial charge in [0.2, 0.25) is 0 Å². The number of para-hydroxylation sites is 1. The van der Waals surface area contributed by atoms with Gasteiger partial charge in [0, 0.05) is 38.8 Å². The van der Waals surface area contributed by atoms with Crippen LogP contribution in [0, 0.1) is 0 Å². The SMILES string of the molecule is CN=C(NCCc1ccccc1OC)NCc1cccc(C(=O)NCCN(C)C)c1. The maximum atomic E-state index is 12.3. The number of nitrogens with one attached hydrogen (secondary N) is 3. The molecule has 0 aromatic heterocycles. The van der Waals surface area contributed by atoms with Gasteiger partial charge in [-0.05, 0) is 49.8 Å². The Labute approximate surface area is 179 Å². The molecule has 0 aliphatic rings. The van der Waals surface area contributed by atoms with E-state index in [1.54, 1.807) is 14.2 Å². The van der Waals surface area contributed by atoms with Crippen LogP contribution < -0.4 is 20.7 Å². The molecule has 0 spiro atoms. The van der Waals surface area contributed by atoms with Gasteiger partial charge in [0.05, 0.1) is 7.11 Å². The summed E-state index contributed by atoms with van der Waals surface area (Å²) in [4.78, 5) is 18.6. The molecule has 7 heteroatoms. The van der Waals surface area contributed by atoms with Gasteiger partial charge in [0.1, 0.15) is 5.75 Å². The fraction of sp³-hybridized carbons (Fsp3) is 0.391. The first-order chi connectivity index (χ1) is 14.5. The Kier molecular flexibility index (Phi) is 9.67. The van der Waals surface area contributed by atoms with Gasteiger partial charge in [0.15, 0.2) is 5.96 Å². The van der Waals surface area contributed by atoms with Gasteiger partial charge in [-0.3, -0.25) is 9.79 Å². The van der Waals surface area contributed by atoms with Crippen LogP contribution in [0.25, 0.3) is 0 Å². The molecule has 0 unspecified atom stereocenters. The minimum Gasteiger partial charge on any atom is -0.496 e. The molecule has 3 N–H and O–H groups in total. The van der Waals surface area contributed by atoms with Crippen LogP contribution in [-0.2, 0) is 13.0 Å². The zero-order valence-electron chi connectivity index (χ0n) is 18.4. The number of carbonyl (C=O) groups excluding carboxylic acids is 1. The van der Waals surface area contributed by atoms with Crippen LogP contribution in [0.4, 0.5) is 0 Å². The fourth-order valence-corrected chi connectivity index (χ4v) is 2.95. The third-order valence-electron chi connectivity index (χ3n) is 4.60. The van der Waals surface area contributed by atoms with Crippen molar-refractivity contribution in [3.63, 3.8) is 0 Å². The molecule has 30 heavy (non-hydrogen) atoms. The monoisotopic (exact) mass is 411 g/mol. The van der Waals surface area contributed by atoms with Crippen molar-refractivity contribution in [2.24, 2.45) is 4.99 Å². The number of carbonyl (C=O) groups is 1. The molecular weight excluding hydrogens is 378 g/mol. The largest absolute Gasteiger partial charge is 0.496 e. The topological polar surface area (TPSA) is 78.0 Å². The van der Waals surface area contributed by atoms with E-state index >= 15 is 0 Å². The summed E-state index contributed by atoms with van der Waals surface area (Å²) in [6.07, 6.45) is 0.827. The molecule has 2 aromatic carbocycles. The van der Waals surface area contributed by atoms with Crippen LogP contribution in [0.3, 0.4) is 0 Å². The molecule has 0 aliphatic heterocycles. The summed E-state index contributed by atoms with van der Waals surface area (Å²) >= 11 is 0. The van der Waals surface area contributed by atoms with Crippen molar-refractivity contribution < 1.29 is 9.53 Å². The van der Waals surface area contributed by atoms with E-state index in [0.29, 0.717) is 24.6 Å². The van der Waals surface area contributed by atoms with Crippen LogP contribution in [0.15, 0.2) is 53.5 Å². The zero-order chi connectivity index (χ0) is 21.8. The highest BCUT2D eigenvalue weighted by Crippen LogP contribution is 2.17. The molecule has 0 saturated heterocycles. The lowest BCUT2D eigenvalue weighted by Crippen LogP contribution is -2.38. The number of benzene rings is 2. The molecule has 0 heterocycles. The van der Waals surface area contributed by atoms with E-state index in [2.05, 4.69) is 27.0 Å². The molecule has 0 bridgehead atoms. The lowest BCUT2D eigenvalue weighted by atomic mass is 10.1. The van der Waals surface area contributed by atoms with Gasteiger partial charge < -0.3 is 25.6 Å². The summed E-state index contributed by atoms with van der Waals surface area (Å²) in [6.45, 7) is 2.74. The van der Waals surface area contributed by atoms with Crippen molar-refractivity contribution in [2.75, 3.05) is 47.9 Å². The third kappa shape index (κ3) is 7.75. The Morgan fingerprint density at radius 3 is 2.57 bits per heavy atom. The molecule has 0 atom stereocenters. The normalized spacial score (nSPS) is 11.3. The van der Waals surface area contributed by atoms with E-state index in [-0.39, 0.29) is 5.91 Å². The highest BCUT2D eigenvalue weighted by Gasteiger charge is 2.07. The Bertz CT molecular complexity index is 836. The van der Waals surface area contributed by atoms with Gasteiger partial charge in [-0.15, -0.1) is 0 Å². The molecule has 0 fully saturated rings. The maximum absolute atomic E-state index is 12.3. The van der Waals surface area contributed by atoms with Crippen LogP contribution in [-0.4, -0.2) is 64.7 Å². The predicted octanol–water partition coefficient (Wildman–Crippen LogP) is 1.89. The molecule has 1 amide bonds. The van der Waals surface area contributed by atoms with E-state index in [4.69, 9.17) is 4.74 Å². The van der Waals surface area contributed by atoms with Crippen LogP contribution in [0.5, 0.6) is 5.75 Å². The molecule has 2 aromatic rings. The van der Waals surface area contributed by atoms with Crippen molar-refractivity contribution in [2.45, 2.75) is 13.0 Å². The molecular formula is C23H33N5O2. The number of methoxy groups -OCH3 is 1. The summed E-state index contributed by atoms with van der Waals surface area (Å²) in [5, 5.41) is 9.55. The fourth-order valence-electron chi connectivity index (χ4n) is 2.95. The van der Waals surface area contributed by atoms with Crippen LogP contribution in [0.2, 0.25) is 0 Å². The average molecular weight is 412 g/mol. The van der Waals surface area contributed by atoms with Gasteiger partial charge in [-0.1, -0.05) is 30.3 Å². The second-order valence-electron chi connectivity index (χ2n) is 7.17. The highest BCUT2D eigenvalue weighted by molar-refractivity contribution is 5.94. The summed E-state index contributed by atoms with van der Waals surface area (Å²) in [5.74, 6) is 1.55. The number of hydrogen-bond donors (Lipinski definition) is 3. The summed E-state index contributed by atoms with van der Waals surface area (Å²) in [5.41, 5.74) is 2.83. The number of nitrogens with zero attached hydrogens (tertiary/aromatic N) is 2. The van der Waals surface area contributed by atoms with Crippen molar-refractivity contribution in [3.05, 3.63) is 65.2 Å². The molecule has 0 aliphatic carbocycles. The quantitative estimate of drug-likeness (QED) is 0.411. The van der Waals surface area contributed by atoms with E-state index in [1.165, 1.54) is 0 Å². The van der Waals surface area contributed by atoms with Gasteiger partial charge in [0.25, 0.3) is 5.91 Å². The number of amides is 1. The minimum atomic E-state index is -0.0574. The minimum absolute atomic E-state index is 0.0574. The Morgan fingerprint density at radius 2 is 1.83 bits per heavy atom. The molecule has 162 valence electrons. The number of likely N-dealkylation sites (N-methyl/N-ethyl adjacent to an activating group) is 1. The average Bonchev–Trinajstić information content (AvgIpc) is 2.76. The third-order valence-corrected chi connectivity index (χ3v) is 4.60. The smallest absolute Gasteiger partial charge is 0.251 e. The molecule has 0 radical (unpaired) electrons. The van der Waals surface area contributed by atoms with Crippen LogP contribution in [0.1, 0.15) is 21.5 Å². The van der Waals surface area contributed by atoms with E-state index in [9.17, 15) is 4.79 Å². The first-order valence-corrected chi connectivity index (χ1v) is 10.1. The summed E-state index contributed by atoms with van der Waals surface area (Å²) in [7, 11) is 7.39. The summed E-state index contributed by atoms with van der Waals surface area (Å²) < 4.78 is 5.39. The molecule has 2 rings (SSSR count). The van der Waals surface area contributed by atoms with Crippen LogP contribution >= 0.6 is 0 Å². The van der Waals surface area contributed by atoms with Crippen molar-refractivity contribution in [3.8, 4) is 5.75 Å². The maximum Gasteiger partial charge on any atom is 0.251 e. The van der Waals surface area contributed by atoms with E-state index in [0.717, 1.165) is 36.4 Å². The van der Waals surface area contributed by atoms with Crippen molar-refractivity contribution in [1.29, 1.82) is 0 Å². The van der Waals surface area contributed by atoms with Crippen molar-refractivity contribution >= 4 is 11.9 Å². The lowest BCUT2D eigenvalue weighted by Gasteiger charge is -2.14. The standard InChI is InChI=1S/C23H33N5O2/c1-24-23(26-13-12-19-9-5-6-11-21(19)30-4)27-17-18-8-7-10-20(16-18)22(29)25-14-15-28(2)3/h5-11,16H,12-15,17H2,1-4H3,(H,25,29)(H2,24,26,27). The number of rotatable bonds is 10. The summed E-state index contributed by atoms with van der Waals surface area (Å²) in [6, 6.07) is 15.6. The highest BCUT2D eigenvalue weighted by atomic mass is 16.5. The number of aliphatic imine (C=N–C) groups is 1. The van der Waals surface area contributed by atoms with E-state index in [1.807, 2.05) is 61.5 Å². The second-order valence-corrected chi connectivity index (χ2v) is 7.17. The molecule has 7 nitrogen and oxygen atoms in total. The number of ether oxygens (including phenoxy) is 1. The van der Waals surface area contributed by atoms with Gasteiger partial charge >= 0.3 is 0 Å². The Morgan fingerprint density at radius 1 is 1.03 bits per heavy atom. The lowest BCUT2D eigenvalue weighted by molar-refractivity contribution is 0.0951. The Balaban J connectivity index is 1.82.